The lowest BCUT2D eigenvalue weighted by Gasteiger charge is -2.40. The van der Waals surface area contributed by atoms with E-state index < -0.39 is 11.8 Å². The van der Waals surface area contributed by atoms with E-state index >= 15 is 0 Å². The van der Waals surface area contributed by atoms with Crippen LogP contribution in [0.15, 0.2) is 41.5 Å². The van der Waals surface area contributed by atoms with Crippen molar-refractivity contribution in [1.29, 1.82) is 0 Å². The molecule has 2 amide bonds. The van der Waals surface area contributed by atoms with Crippen LogP contribution in [-0.4, -0.2) is 90.5 Å². The predicted octanol–water partition coefficient (Wildman–Crippen LogP) is 1.97. The molecule has 5 rings (SSSR count). The number of carbonyl (C=O) groups excluding carboxylic acids is 2. The number of benzene rings is 1. The van der Waals surface area contributed by atoms with E-state index in [9.17, 15) is 14.7 Å². The van der Waals surface area contributed by atoms with Crippen LogP contribution in [0.4, 0.5) is 0 Å². The van der Waals surface area contributed by atoms with Crippen LogP contribution < -0.4 is 5.11 Å². The van der Waals surface area contributed by atoms with Crippen molar-refractivity contribution < 1.29 is 14.7 Å². The van der Waals surface area contributed by atoms with Gasteiger partial charge in [0, 0.05) is 56.9 Å². The van der Waals surface area contributed by atoms with Gasteiger partial charge < -0.3 is 19.9 Å². The molecule has 8 nitrogen and oxygen atoms in total. The van der Waals surface area contributed by atoms with Gasteiger partial charge in [-0.25, -0.2) is 0 Å². The molecule has 1 aromatic carbocycles. The summed E-state index contributed by atoms with van der Waals surface area (Å²) < 4.78 is 0. The molecule has 3 heterocycles. The first-order valence-electron chi connectivity index (χ1n) is 13.8. The standard InChI is InChI=1S/C29H35BClN5O3/c1-19(33-29(30)39)28(38)36-11-8-20(9-12-36)17-25(37)34-13-15-35(16-14-34)27-24-7-6-23(31)18-22(24)5-4-21-3-2-10-32-26(21)27/h2-3,6-7,10,18-20,27H,4-5,8-9,11-17H2,1H3,(H,33,39)/p-1/t19-,27?/m0/s1. The first-order chi connectivity index (χ1) is 18.8. The number of aryl methyl sites for hydroxylation is 2. The number of aliphatic imine (C=N–C) groups is 1. The maximum absolute atomic E-state index is 13.2. The van der Waals surface area contributed by atoms with Crippen molar-refractivity contribution >= 4 is 37.1 Å². The van der Waals surface area contributed by atoms with Crippen LogP contribution >= 0.6 is 11.6 Å². The summed E-state index contributed by atoms with van der Waals surface area (Å²) in [5.41, 5.74) is 4.91. The number of halogens is 1. The largest absolute Gasteiger partial charge is 0.870 e. The topological polar surface area (TPSA) is 92.2 Å². The Morgan fingerprint density at radius 1 is 1.08 bits per heavy atom. The monoisotopic (exact) mass is 546 g/mol. The Hall–Kier alpha value is -2.91. The number of aromatic nitrogens is 1. The molecule has 1 aliphatic carbocycles. The Bertz CT molecular complexity index is 1240. The normalized spacial score (nSPS) is 21.6. The molecule has 0 saturated carbocycles. The lowest BCUT2D eigenvalue weighted by Crippen LogP contribution is -2.50. The number of amides is 2. The Morgan fingerprint density at radius 3 is 2.51 bits per heavy atom. The average Bonchev–Trinajstić information content (AvgIpc) is 3.09. The molecular formula is C29H34BClN5O3-. The van der Waals surface area contributed by atoms with Gasteiger partial charge in [0.2, 0.25) is 11.8 Å². The number of fused-ring (bicyclic) bond motifs is 2. The maximum Gasteiger partial charge on any atom is 0.246 e. The fourth-order valence-corrected chi connectivity index (χ4v) is 6.42. The van der Waals surface area contributed by atoms with Gasteiger partial charge in [-0.1, -0.05) is 29.5 Å². The first kappa shape index (κ1) is 27.7. The highest BCUT2D eigenvalue weighted by Crippen LogP contribution is 2.37. The second-order valence-electron chi connectivity index (χ2n) is 10.8. The number of pyridine rings is 1. The lowest BCUT2D eigenvalue weighted by molar-refractivity contribution is -0.208. The van der Waals surface area contributed by atoms with Crippen molar-refractivity contribution in [1.82, 2.24) is 19.7 Å². The molecular weight excluding hydrogens is 513 g/mol. The third-order valence-electron chi connectivity index (χ3n) is 8.35. The third kappa shape index (κ3) is 6.30. The molecule has 2 fully saturated rings. The molecule has 204 valence electrons. The minimum absolute atomic E-state index is 0.0544. The maximum atomic E-state index is 13.2. The van der Waals surface area contributed by atoms with Crippen molar-refractivity contribution in [3.8, 4) is 0 Å². The summed E-state index contributed by atoms with van der Waals surface area (Å²) in [6.45, 7) is 5.65. The molecule has 2 saturated heterocycles. The number of hydrogen-bond acceptors (Lipinski definition) is 6. The molecule has 2 aliphatic heterocycles. The molecule has 0 spiro atoms. The second kappa shape index (κ2) is 12.1. The van der Waals surface area contributed by atoms with Crippen molar-refractivity contribution in [2.75, 3.05) is 39.3 Å². The zero-order chi connectivity index (χ0) is 27.5. The highest BCUT2D eigenvalue weighted by molar-refractivity contribution is 6.55. The molecule has 2 aromatic rings. The first-order valence-corrected chi connectivity index (χ1v) is 14.2. The van der Waals surface area contributed by atoms with Crippen molar-refractivity contribution in [3.63, 3.8) is 0 Å². The number of carbonyl (C=O) groups is 2. The number of piperidine rings is 1. The molecule has 10 heteroatoms. The molecule has 1 aromatic heterocycles. The van der Waals surface area contributed by atoms with Gasteiger partial charge in [-0.05, 0) is 73.4 Å². The van der Waals surface area contributed by atoms with E-state index in [-0.39, 0.29) is 23.8 Å². The molecule has 2 atom stereocenters. The van der Waals surface area contributed by atoms with E-state index in [1.165, 1.54) is 16.7 Å². The minimum atomic E-state index is -0.829. The fourth-order valence-electron chi connectivity index (χ4n) is 6.23. The van der Waals surface area contributed by atoms with Gasteiger partial charge in [0.1, 0.15) is 13.9 Å². The Balaban J connectivity index is 1.18. The van der Waals surface area contributed by atoms with E-state index in [2.05, 4.69) is 28.1 Å². The number of hydrogen-bond donors (Lipinski definition) is 0. The number of rotatable bonds is 5. The van der Waals surface area contributed by atoms with Gasteiger partial charge >= 0.3 is 0 Å². The van der Waals surface area contributed by atoms with Crippen molar-refractivity contribution in [2.24, 2.45) is 10.9 Å². The second-order valence-corrected chi connectivity index (χ2v) is 11.3. The summed E-state index contributed by atoms with van der Waals surface area (Å²) in [6.07, 6.45) is 5.79. The van der Waals surface area contributed by atoms with Crippen molar-refractivity contribution in [2.45, 2.75) is 51.1 Å². The molecule has 39 heavy (non-hydrogen) atoms. The summed E-state index contributed by atoms with van der Waals surface area (Å²) >= 11 is 6.35. The third-order valence-corrected chi connectivity index (χ3v) is 8.58. The molecule has 2 radical (unpaired) electrons. The van der Waals surface area contributed by atoms with E-state index in [1.54, 1.807) is 11.8 Å². The zero-order valence-electron chi connectivity index (χ0n) is 22.4. The SMILES string of the molecule is [B]C([O-])=N[C@@H](C)C(=O)N1CCC(CC(=O)N2CCN(C3c4ccc(Cl)cc4CCc4cccnc43)CC2)CC1. The number of likely N-dealkylation sites (tertiary alicyclic amines) is 1. The smallest absolute Gasteiger partial charge is 0.246 e. The molecule has 0 N–H and O–H groups in total. The highest BCUT2D eigenvalue weighted by Gasteiger charge is 2.34. The van der Waals surface area contributed by atoms with Gasteiger partial charge in [0.05, 0.1) is 11.7 Å². The van der Waals surface area contributed by atoms with Gasteiger partial charge in [0.25, 0.3) is 0 Å². The number of nitrogens with zero attached hydrogens (tertiary/aromatic N) is 5. The highest BCUT2D eigenvalue weighted by atomic mass is 35.5. The van der Waals surface area contributed by atoms with Crippen molar-refractivity contribution in [3.05, 3.63) is 63.9 Å². The van der Waals surface area contributed by atoms with E-state index in [0.717, 1.165) is 49.5 Å². The fraction of sp³-hybridized carbons (Fsp3) is 0.517. The molecule has 1 unspecified atom stereocenters. The average molecular weight is 547 g/mol. The summed E-state index contributed by atoms with van der Waals surface area (Å²) in [4.78, 5) is 40.3. The summed E-state index contributed by atoms with van der Waals surface area (Å²) in [5, 5.41) is 11.8. The van der Waals surface area contributed by atoms with Gasteiger partial charge in [-0.3, -0.25) is 19.5 Å². The van der Waals surface area contributed by atoms with Crippen LogP contribution in [0.2, 0.25) is 5.02 Å². The van der Waals surface area contributed by atoms with E-state index in [0.29, 0.717) is 32.6 Å². The van der Waals surface area contributed by atoms with Crippen LogP contribution in [0.1, 0.15) is 54.6 Å². The van der Waals surface area contributed by atoms with Gasteiger partial charge in [-0.2, -0.15) is 0 Å². The zero-order valence-corrected chi connectivity index (χ0v) is 23.1. The summed E-state index contributed by atoms with van der Waals surface area (Å²) in [7, 11) is 5.08. The Kier molecular flexibility index (Phi) is 8.57. The predicted molar refractivity (Wildman–Crippen MR) is 150 cm³/mol. The Labute approximate surface area is 236 Å². The van der Waals surface area contributed by atoms with Crippen LogP contribution in [0.3, 0.4) is 0 Å². The quantitative estimate of drug-likeness (QED) is 0.325. The Morgan fingerprint density at radius 2 is 1.79 bits per heavy atom. The van der Waals surface area contributed by atoms with Crippen LogP contribution in [0, 0.1) is 5.92 Å². The molecule has 3 aliphatic rings. The number of piperazine rings is 1. The summed E-state index contributed by atoms with van der Waals surface area (Å²) in [5.74, 6) is -0.585. The van der Waals surface area contributed by atoms with Gasteiger partial charge in [-0.15, -0.1) is 0 Å². The molecule has 0 bridgehead atoms. The van der Waals surface area contributed by atoms with Crippen LogP contribution in [0.5, 0.6) is 0 Å². The van der Waals surface area contributed by atoms with Gasteiger partial charge in [0.15, 0.2) is 0 Å². The van der Waals surface area contributed by atoms with E-state index in [4.69, 9.17) is 24.4 Å². The van der Waals surface area contributed by atoms with E-state index in [1.807, 2.05) is 23.2 Å². The summed E-state index contributed by atoms with van der Waals surface area (Å²) in [6, 6.07) is 9.66. The van der Waals surface area contributed by atoms with Crippen LogP contribution in [-0.2, 0) is 22.4 Å². The minimum Gasteiger partial charge on any atom is -0.870 e. The lowest BCUT2D eigenvalue weighted by atomic mass is 9.92. The van der Waals surface area contributed by atoms with Crippen LogP contribution in [0.25, 0.3) is 0 Å².